The molecular formula is C21H27N3O5. The Morgan fingerprint density at radius 2 is 2.10 bits per heavy atom. The van der Waals surface area contributed by atoms with Crippen LogP contribution in [0.25, 0.3) is 10.8 Å². The van der Waals surface area contributed by atoms with E-state index >= 15 is 0 Å². The maximum atomic E-state index is 13.0. The highest BCUT2D eigenvalue weighted by Crippen LogP contribution is 2.39. The van der Waals surface area contributed by atoms with Gasteiger partial charge in [0.25, 0.3) is 5.56 Å². The Morgan fingerprint density at radius 3 is 2.86 bits per heavy atom. The van der Waals surface area contributed by atoms with E-state index in [2.05, 4.69) is 5.10 Å². The van der Waals surface area contributed by atoms with E-state index in [1.54, 1.807) is 23.2 Å². The fraction of sp³-hybridized carbons (Fsp3) is 0.571. The number of hydrogen-bond donors (Lipinski definition) is 1. The van der Waals surface area contributed by atoms with Crippen molar-refractivity contribution in [1.82, 2.24) is 14.7 Å². The van der Waals surface area contributed by atoms with Crippen LogP contribution in [0.4, 0.5) is 0 Å². The molecule has 0 radical (unpaired) electrons. The van der Waals surface area contributed by atoms with Crippen LogP contribution >= 0.6 is 0 Å². The van der Waals surface area contributed by atoms with Crippen molar-refractivity contribution in [3.05, 3.63) is 28.7 Å². The van der Waals surface area contributed by atoms with Crippen LogP contribution in [0.2, 0.25) is 0 Å². The fourth-order valence-electron chi connectivity index (χ4n) is 4.72. The molecule has 2 heterocycles. The van der Waals surface area contributed by atoms with Gasteiger partial charge in [-0.25, -0.2) is 4.68 Å². The third kappa shape index (κ3) is 3.46. The summed E-state index contributed by atoms with van der Waals surface area (Å²) in [5.74, 6) is 0.741. The van der Waals surface area contributed by atoms with Gasteiger partial charge in [-0.3, -0.25) is 9.59 Å². The molecule has 1 aliphatic carbocycles. The van der Waals surface area contributed by atoms with Gasteiger partial charge in [-0.2, -0.15) is 5.10 Å². The van der Waals surface area contributed by atoms with Crippen molar-refractivity contribution in [1.29, 1.82) is 0 Å². The molecule has 1 aromatic carbocycles. The van der Waals surface area contributed by atoms with Gasteiger partial charge in [0.05, 0.1) is 31.4 Å². The van der Waals surface area contributed by atoms with E-state index in [1.807, 2.05) is 0 Å². The molecule has 29 heavy (non-hydrogen) atoms. The number of fused-ring (bicyclic) bond motifs is 2. The molecule has 1 N–H and O–H groups in total. The van der Waals surface area contributed by atoms with Crippen molar-refractivity contribution in [3.63, 3.8) is 0 Å². The Labute approximate surface area is 169 Å². The van der Waals surface area contributed by atoms with Crippen LogP contribution in [-0.2, 0) is 11.3 Å². The van der Waals surface area contributed by atoms with Crippen LogP contribution in [0.1, 0.15) is 32.1 Å². The Hall–Kier alpha value is -2.61. The van der Waals surface area contributed by atoms with Gasteiger partial charge in [0.1, 0.15) is 6.54 Å². The van der Waals surface area contributed by atoms with Crippen molar-refractivity contribution in [2.75, 3.05) is 27.3 Å². The van der Waals surface area contributed by atoms with Gasteiger partial charge in [-0.1, -0.05) is 12.8 Å². The summed E-state index contributed by atoms with van der Waals surface area (Å²) in [5, 5.41) is 16.0. The highest BCUT2D eigenvalue weighted by Gasteiger charge is 2.43. The van der Waals surface area contributed by atoms with E-state index in [-0.39, 0.29) is 18.4 Å². The second-order valence-electron chi connectivity index (χ2n) is 8.01. The molecule has 1 aliphatic heterocycles. The number of hydrogen-bond acceptors (Lipinski definition) is 6. The number of benzene rings is 1. The van der Waals surface area contributed by atoms with Gasteiger partial charge >= 0.3 is 0 Å². The van der Waals surface area contributed by atoms with E-state index in [9.17, 15) is 14.7 Å². The second kappa shape index (κ2) is 7.67. The molecule has 4 rings (SSSR count). The van der Waals surface area contributed by atoms with Gasteiger partial charge in [0, 0.05) is 24.4 Å². The number of carbonyl (C=O) groups excluding carboxylic acids is 1. The van der Waals surface area contributed by atoms with E-state index in [4.69, 9.17) is 9.47 Å². The smallest absolute Gasteiger partial charge is 0.279 e. The molecule has 1 saturated heterocycles. The normalized spacial score (nSPS) is 24.2. The molecule has 2 atom stereocenters. The third-order valence-electron chi connectivity index (χ3n) is 6.43. The lowest BCUT2D eigenvalue weighted by atomic mass is 9.71. The highest BCUT2D eigenvalue weighted by molar-refractivity contribution is 5.89. The Balaban J connectivity index is 1.59. The first-order valence-corrected chi connectivity index (χ1v) is 10.1. The predicted octanol–water partition coefficient (Wildman–Crippen LogP) is 1.57. The molecule has 0 spiro atoms. The average Bonchev–Trinajstić information content (AvgIpc) is 2.74. The van der Waals surface area contributed by atoms with Gasteiger partial charge in [-0.15, -0.1) is 0 Å². The summed E-state index contributed by atoms with van der Waals surface area (Å²) in [6.45, 7) is 0.903. The summed E-state index contributed by atoms with van der Waals surface area (Å²) >= 11 is 0. The van der Waals surface area contributed by atoms with E-state index in [0.29, 0.717) is 41.8 Å². The molecule has 2 fully saturated rings. The molecule has 156 valence electrons. The van der Waals surface area contributed by atoms with Gasteiger partial charge in [0.2, 0.25) is 5.91 Å². The van der Waals surface area contributed by atoms with E-state index in [0.717, 1.165) is 25.7 Å². The minimum atomic E-state index is -0.642. The van der Waals surface area contributed by atoms with Crippen LogP contribution in [-0.4, -0.2) is 58.6 Å². The zero-order chi connectivity index (χ0) is 20.6. The highest BCUT2D eigenvalue weighted by atomic mass is 16.5. The lowest BCUT2D eigenvalue weighted by molar-refractivity contribution is -0.144. The van der Waals surface area contributed by atoms with Crippen molar-refractivity contribution in [3.8, 4) is 11.5 Å². The van der Waals surface area contributed by atoms with Gasteiger partial charge in [-0.05, 0) is 31.4 Å². The van der Waals surface area contributed by atoms with Crippen LogP contribution in [0.15, 0.2) is 23.1 Å². The number of likely N-dealkylation sites (tertiary alicyclic amines) is 1. The molecule has 0 unspecified atom stereocenters. The topological polar surface area (TPSA) is 93.9 Å². The first-order chi connectivity index (χ1) is 14.0. The molecule has 2 aliphatic rings. The molecule has 1 amide bonds. The van der Waals surface area contributed by atoms with Gasteiger partial charge < -0.3 is 19.5 Å². The largest absolute Gasteiger partial charge is 0.493 e. The number of aliphatic hydroxyl groups is 1. The first kappa shape index (κ1) is 19.7. The Morgan fingerprint density at radius 1 is 1.28 bits per heavy atom. The monoisotopic (exact) mass is 401 g/mol. The molecule has 1 saturated carbocycles. The van der Waals surface area contributed by atoms with Crippen LogP contribution in [0.3, 0.4) is 0 Å². The number of rotatable bonds is 4. The zero-order valence-corrected chi connectivity index (χ0v) is 16.9. The number of piperidine rings is 1. The lowest BCUT2D eigenvalue weighted by Crippen LogP contribution is -2.55. The van der Waals surface area contributed by atoms with Crippen molar-refractivity contribution >= 4 is 16.7 Å². The minimum absolute atomic E-state index is 0.111. The summed E-state index contributed by atoms with van der Waals surface area (Å²) in [6.07, 6.45) is 6.03. The zero-order valence-electron chi connectivity index (χ0n) is 16.9. The average molecular weight is 401 g/mol. The number of amides is 1. The Kier molecular flexibility index (Phi) is 5.21. The quantitative estimate of drug-likeness (QED) is 0.836. The summed E-state index contributed by atoms with van der Waals surface area (Å²) in [7, 11) is 2.99. The van der Waals surface area contributed by atoms with Crippen molar-refractivity contribution < 1.29 is 19.4 Å². The lowest BCUT2D eigenvalue weighted by Gasteiger charge is -2.47. The molecule has 0 bridgehead atoms. The summed E-state index contributed by atoms with van der Waals surface area (Å²) in [6, 6.07) is 3.46. The molecule has 2 aromatic rings. The standard InChI is InChI=1S/C21H27N3O5/c1-28-16-7-6-14-11-22-24(20(26)18(14)19(16)29-2)13-17(25)23-10-9-21(27)8-4-3-5-15(21)12-23/h6-7,11,15,27H,3-5,8-10,12-13H2,1-2H3/t15-,21+/m1/s1. The minimum Gasteiger partial charge on any atom is -0.493 e. The molecule has 8 nitrogen and oxygen atoms in total. The van der Waals surface area contributed by atoms with E-state index in [1.165, 1.54) is 18.9 Å². The summed E-state index contributed by atoms with van der Waals surface area (Å²) in [4.78, 5) is 27.7. The van der Waals surface area contributed by atoms with Crippen LogP contribution in [0, 0.1) is 5.92 Å². The molecular weight excluding hydrogens is 374 g/mol. The number of methoxy groups -OCH3 is 2. The number of nitrogens with zero attached hydrogens (tertiary/aromatic N) is 3. The summed E-state index contributed by atoms with van der Waals surface area (Å²) < 4.78 is 11.8. The van der Waals surface area contributed by atoms with Crippen molar-refractivity contribution in [2.45, 2.75) is 44.2 Å². The first-order valence-electron chi connectivity index (χ1n) is 10.1. The Bertz CT molecular complexity index is 988. The van der Waals surface area contributed by atoms with Crippen LogP contribution < -0.4 is 15.0 Å². The van der Waals surface area contributed by atoms with Crippen LogP contribution in [0.5, 0.6) is 11.5 Å². The maximum absolute atomic E-state index is 13.0. The number of aromatic nitrogens is 2. The van der Waals surface area contributed by atoms with Crippen molar-refractivity contribution in [2.24, 2.45) is 5.92 Å². The molecule has 1 aromatic heterocycles. The maximum Gasteiger partial charge on any atom is 0.279 e. The third-order valence-corrected chi connectivity index (χ3v) is 6.43. The SMILES string of the molecule is COc1ccc2cnn(CC(=O)N3CC[C@@]4(O)CCCC[C@@H]4C3)c(=O)c2c1OC. The molecule has 8 heteroatoms. The van der Waals surface area contributed by atoms with E-state index < -0.39 is 11.2 Å². The predicted molar refractivity (Wildman–Crippen MR) is 107 cm³/mol. The summed E-state index contributed by atoms with van der Waals surface area (Å²) in [5.41, 5.74) is -1.03. The van der Waals surface area contributed by atoms with Gasteiger partial charge in [0.15, 0.2) is 11.5 Å². The second-order valence-corrected chi connectivity index (χ2v) is 8.01. The fourth-order valence-corrected chi connectivity index (χ4v) is 4.72. The number of ether oxygens (including phenoxy) is 2. The number of carbonyl (C=O) groups is 1.